The van der Waals surface area contributed by atoms with Crippen LogP contribution in [-0.2, 0) is 11.1 Å². The average molecular weight is 389 g/mol. The van der Waals surface area contributed by atoms with Crippen LogP contribution in [0.5, 0.6) is 5.75 Å². The summed E-state index contributed by atoms with van der Waals surface area (Å²) in [6.07, 6.45) is 0.0504. The zero-order valence-electron chi connectivity index (χ0n) is 15.2. The van der Waals surface area contributed by atoms with E-state index < -0.39 is 11.7 Å². The van der Waals surface area contributed by atoms with Crippen LogP contribution in [0.3, 0.4) is 0 Å². The van der Waals surface area contributed by atoms with E-state index >= 15 is 0 Å². The molecule has 0 N–H and O–H groups in total. The molecule has 3 aromatic rings. The summed E-state index contributed by atoms with van der Waals surface area (Å²) < 4.78 is 41.1. The van der Waals surface area contributed by atoms with Gasteiger partial charge in [0.05, 0.1) is 11.7 Å². The lowest BCUT2D eigenvalue weighted by atomic mass is 10.1. The molecule has 0 fully saturated rings. The lowest BCUT2D eigenvalue weighted by Crippen LogP contribution is -2.09. The van der Waals surface area contributed by atoms with Crippen LogP contribution in [0, 0.1) is 0 Å². The number of hydrogen-bond acceptors (Lipinski definition) is 4. The van der Waals surface area contributed by atoms with E-state index in [9.17, 15) is 13.2 Å². The minimum atomic E-state index is -4.54. The predicted octanol–water partition coefficient (Wildman–Crippen LogP) is 5.31. The van der Waals surface area contributed by atoms with E-state index in [2.05, 4.69) is 10.1 Å². The number of hydrogen-bond donors (Lipinski definition) is 0. The zero-order valence-corrected chi connectivity index (χ0v) is 15.2. The van der Waals surface area contributed by atoms with E-state index in [1.165, 1.54) is 17.1 Å². The van der Waals surface area contributed by atoms with Gasteiger partial charge in [0.25, 0.3) is 0 Å². The third-order valence-corrected chi connectivity index (χ3v) is 3.56. The fraction of sp³-hybridized carbons (Fsp3) is 0.200. The Hall–Kier alpha value is -3.13. The van der Waals surface area contributed by atoms with Crippen LogP contribution in [0.15, 0.2) is 54.9 Å². The Balaban J connectivity index is 1.89. The van der Waals surface area contributed by atoms with Crippen molar-refractivity contribution in [2.24, 2.45) is 0 Å². The second-order valence-corrected chi connectivity index (χ2v) is 6.25. The molecule has 8 heteroatoms. The molecule has 0 aliphatic heterocycles. The summed E-state index contributed by atoms with van der Waals surface area (Å²) in [7, 11) is 0. The minimum Gasteiger partial charge on any atom is -0.337 e. The second kappa shape index (κ2) is 8.26. The van der Waals surface area contributed by atoms with Crippen LogP contribution in [0.4, 0.5) is 13.2 Å². The molecule has 1 aromatic heterocycles. The van der Waals surface area contributed by atoms with Crippen LogP contribution in [-0.4, -0.2) is 20.9 Å². The predicted molar refractivity (Wildman–Crippen MR) is 99.0 cm³/mol. The SMILES string of the molecule is CC(C)OOc1cc(-c2ncn(/C=C\c3ccccc3)n2)cc(C(F)(F)F)c1. The van der Waals surface area contributed by atoms with Gasteiger partial charge in [0, 0.05) is 11.8 Å². The molecule has 0 spiro atoms. The van der Waals surface area contributed by atoms with Crippen molar-refractivity contribution in [3.8, 4) is 17.1 Å². The maximum absolute atomic E-state index is 13.2. The minimum absolute atomic E-state index is 0.0743. The van der Waals surface area contributed by atoms with Crippen molar-refractivity contribution in [1.29, 1.82) is 0 Å². The second-order valence-electron chi connectivity index (χ2n) is 6.25. The van der Waals surface area contributed by atoms with E-state index in [1.807, 2.05) is 36.4 Å². The summed E-state index contributed by atoms with van der Waals surface area (Å²) in [5.41, 5.74) is 0.257. The molecule has 0 bridgehead atoms. The standard InChI is InChI=1S/C20H18F3N3O2/c1-14(2)27-28-18-11-16(10-17(12-18)20(21,22)23)19-24-13-26(25-19)9-8-15-6-4-3-5-7-15/h3-14H,1-2H3/b9-8-. The molecule has 5 nitrogen and oxygen atoms in total. The van der Waals surface area contributed by atoms with Gasteiger partial charge in [-0.2, -0.15) is 18.1 Å². The lowest BCUT2D eigenvalue weighted by molar-refractivity contribution is -0.234. The Morgan fingerprint density at radius 2 is 1.82 bits per heavy atom. The molecule has 0 saturated carbocycles. The number of nitrogens with zero attached hydrogens (tertiary/aromatic N) is 3. The third kappa shape index (κ3) is 5.20. The highest BCUT2D eigenvalue weighted by Crippen LogP contribution is 2.35. The van der Waals surface area contributed by atoms with Gasteiger partial charge in [0.2, 0.25) is 0 Å². The molecular formula is C20H18F3N3O2. The Kier molecular flexibility index (Phi) is 5.79. The van der Waals surface area contributed by atoms with Crippen LogP contribution < -0.4 is 4.89 Å². The monoisotopic (exact) mass is 389 g/mol. The lowest BCUT2D eigenvalue weighted by Gasteiger charge is -2.12. The van der Waals surface area contributed by atoms with Crippen LogP contribution in [0.25, 0.3) is 23.7 Å². The number of alkyl halides is 3. The normalized spacial score (nSPS) is 12.1. The highest BCUT2D eigenvalue weighted by atomic mass is 19.4. The van der Waals surface area contributed by atoms with Crippen molar-refractivity contribution in [2.75, 3.05) is 0 Å². The summed E-state index contributed by atoms with van der Waals surface area (Å²) in [4.78, 5) is 14.1. The maximum Gasteiger partial charge on any atom is 0.416 e. The summed E-state index contributed by atoms with van der Waals surface area (Å²) in [5, 5.41) is 4.21. The molecule has 0 atom stereocenters. The van der Waals surface area contributed by atoms with Crippen molar-refractivity contribution in [1.82, 2.24) is 14.8 Å². The van der Waals surface area contributed by atoms with Gasteiger partial charge in [-0.25, -0.2) is 9.67 Å². The van der Waals surface area contributed by atoms with Gasteiger partial charge in [-0.1, -0.05) is 30.3 Å². The average Bonchev–Trinajstić information content (AvgIpc) is 3.14. The fourth-order valence-corrected chi connectivity index (χ4v) is 2.30. The first-order chi connectivity index (χ1) is 13.3. The Morgan fingerprint density at radius 1 is 1.07 bits per heavy atom. The van der Waals surface area contributed by atoms with E-state index in [-0.39, 0.29) is 23.2 Å². The first-order valence-corrected chi connectivity index (χ1v) is 8.51. The van der Waals surface area contributed by atoms with Crippen LogP contribution in [0.1, 0.15) is 25.0 Å². The molecule has 0 saturated heterocycles. The van der Waals surface area contributed by atoms with Gasteiger partial charge < -0.3 is 4.89 Å². The van der Waals surface area contributed by atoms with E-state index in [0.717, 1.165) is 17.7 Å². The summed E-state index contributed by atoms with van der Waals surface area (Å²) >= 11 is 0. The van der Waals surface area contributed by atoms with Gasteiger partial charge in [0.1, 0.15) is 6.33 Å². The van der Waals surface area contributed by atoms with Crippen molar-refractivity contribution in [2.45, 2.75) is 26.1 Å². The topological polar surface area (TPSA) is 49.2 Å². The summed E-state index contributed by atoms with van der Waals surface area (Å²) in [6, 6.07) is 12.8. The molecular weight excluding hydrogens is 371 g/mol. The van der Waals surface area contributed by atoms with Gasteiger partial charge in [0.15, 0.2) is 11.6 Å². The first-order valence-electron chi connectivity index (χ1n) is 8.51. The van der Waals surface area contributed by atoms with Crippen molar-refractivity contribution in [3.05, 3.63) is 66.0 Å². The molecule has 0 unspecified atom stereocenters. The molecule has 0 radical (unpaired) electrons. The zero-order chi connectivity index (χ0) is 20.1. The third-order valence-electron chi connectivity index (χ3n) is 3.56. The quantitative estimate of drug-likeness (QED) is 0.423. The molecule has 0 aliphatic carbocycles. The van der Waals surface area contributed by atoms with Crippen molar-refractivity contribution < 1.29 is 22.9 Å². The number of benzene rings is 2. The van der Waals surface area contributed by atoms with Gasteiger partial charge in [-0.3, -0.25) is 0 Å². The number of aromatic nitrogens is 3. The highest BCUT2D eigenvalue weighted by molar-refractivity contribution is 5.62. The van der Waals surface area contributed by atoms with Gasteiger partial charge in [-0.15, -0.1) is 5.10 Å². The van der Waals surface area contributed by atoms with E-state index in [1.54, 1.807) is 20.0 Å². The highest BCUT2D eigenvalue weighted by Gasteiger charge is 2.32. The number of rotatable bonds is 6. The van der Waals surface area contributed by atoms with Crippen LogP contribution in [0.2, 0.25) is 0 Å². The molecule has 1 heterocycles. The van der Waals surface area contributed by atoms with Crippen LogP contribution >= 0.6 is 0 Å². The van der Waals surface area contributed by atoms with Crippen molar-refractivity contribution in [3.63, 3.8) is 0 Å². The van der Waals surface area contributed by atoms with E-state index in [4.69, 9.17) is 9.78 Å². The molecule has 0 amide bonds. The van der Waals surface area contributed by atoms with Crippen molar-refractivity contribution >= 4 is 12.3 Å². The molecule has 2 aromatic carbocycles. The smallest absolute Gasteiger partial charge is 0.337 e. The largest absolute Gasteiger partial charge is 0.416 e. The first kappa shape index (κ1) is 19.6. The molecule has 3 rings (SSSR count). The van der Waals surface area contributed by atoms with E-state index in [0.29, 0.717) is 0 Å². The summed E-state index contributed by atoms with van der Waals surface area (Å²) in [5.74, 6) is 0.0629. The Morgan fingerprint density at radius 3 is 2.50 bits per heavy atom. The Labute approximate surface area is 160 Å². The molecule has 146 valence electrons. The Bertz CT molecular complexity index is 951. The molecule has 28 heavy (non-hydrogen) atoms. The summed E-state index contributed by atoms with van der Waals surface area (Å²) in [6.45, 7) is 3.41. The van der Waals surface area contributed by atoms with Gasteiger partial charge in [-0.05, 0) is 43.7 Å². The maximum atomic E-state index is 13.2. The van der Waals surface area contributed by atoms with Gasteiger partial charge >= 0.3 is 6.18 Å². The molecule has 0 aliphatic rings. The number of halogens is 3. The fourth-order valence-electron chi connectivity index (χ4n) is 2.30.